The van der Waals surface area contributed by atoms with Gasteiger partial charge in [-0.3, -0.25) is 4.79 Å². The molecular formula is C11H13N3O4. The second-order valence-electron chi connectivity index (χ2n) is 3.51. The molecule has 0 aliphatic carbocycles. The monoisotopic (exact) mass is 251 g/mol. The highest BCUT2D eigenvalue weighted by Gasteiger charge is 2.07. The summed E-state index contributed by atoms with van der Waals surface area (Å²) in [5, 5.41) is 12.8. The maximum atomic E-state index is 11.6. The summed E-state index contributed by atoms with van der Waals surface area (Å²) in [5.41, 5.74) is -0.340. The van der Waals surface area contributed by atoms with Crippen LogP contribution < -0.4 is 10.2 Å². The van der Waals surface area contributed by atoms with Crippen molar-refractivity contribution in [1.29, 1.82) is 0 Å². The zero-order valence-corrected chi connectivity index (χ0v) is 9.87. The third-order valence-electron chi connectivity index (χ3n) is 2.36. The van der Waals surface area contributed by atoms with E-state index in [1.165, 1.54) is 18.7 Å². The molecule has 2 rings (SSSR count). The fourth-order valence-electron chi connectivity index (χ4n) is 1.43. The summed E-state index contributed by atoms with van der Waals surface area (Å²) in [6.45, 7) is 2.43. The summed E-state index contributed by atoms with van der Waals surface area (Å²) in [6, 6.07) is 1.19. The molecule has 0 unspecified atom stereocenters. The normalized spacial score (nSPS) is 10.6. The van der Waals surface area contributed by atoms with E-state index >= 15 is 0 Å². The topological polar surface area (TPSA) is 90.4 Å². The molecule has 0 saturated heterocycles. The molecule has 0 aromatic carbocycles. The van der Waals surface area contributed by atoms with Gasteiger partial charge in [0.15, 0.2) is 5.82 Å². The lowest BCUT2D eigenvalue weighted by atomic mass is 10.4. The highest BCUT2D eigenvalue weighted by atomic mass is 16.5. The van der Waals surface area contributed by atoms with Crippen LogP contribution in [0.25, 0.3) is 0 Å². The number of ether oxygens (including phenoxy) is 1. The van der Waals surface area contributed by atoms with Crippen molar-refractivity contribution in [2.24, 2.45) is 0 Å². The SMILES string of the molecule is CCn1ncnc1COc1coc(CO)cc1=O. The Morgan fingerprint density at radius 3 is 3.06 bits per heavy atom. The molecule has 0 fully saturated rings. The van der Waals surface area contributed by atoms with Gasteiger partial charge in [0.25, 0.3) is 0 Å². The molecule has 2 aromatic heterocycles. The first kappa shape index (κ1) is 12.3. The van der Waals surface area contributed by atoms with Gasteiger partial charge < -0.3 is 14.3 Å². The summed E-state index contributed by atoms with van der Waals surface area (Å²) >= 11 is 0. The molecule has 0 spiro atoms. The molecule has 2 heterocycles. The van der Waals surface area contributed by atoms with E-state index in [2.05, 4.69) is 10.1 Å². The molecule has 2 aromatic rings. The number of nitrogens with zero attached hydrogens (tertiary/aromatic N) is 3. The predicted octanol–water partition coefficient (Wildman–Crippen LogP) is 0.322. The lowest BCUT2D eigenvalue weighted by molar-refractivity contribution is 0.234. The third-order valence-corrected chi connectivity index (χ3v) is 2.36. The van der Waals surface area contributed by atoms with Crippen molar-refractivity contribution < 1.29 is 14.3 Å². The first-order chi connectivity index (χ1) is 8.74. The van der Waals surface area contributed by atoms with Gasteiger partial charge >= 0.3 is 0 Å². The number of aliphatic hydroxyl groups excluding tert-OH is 1. The van der Waals surface area contributed by atoms with Crippen molar-refractivity contribution in [2.75, 3.05) is 0 Å². The van der Waals surface area contributed by atoms with E-state index in [1.807, 2.05) is 6.92 Å². The Hall–Kier alpha value is -2.15. The van der Waals surface area contributed by atoms with E-state index in [4.69, 9.17) is 14.3 Å². The van der Waals surface area contributed by atoms with Crippen LogP contribution in [0.5, 0.6) is 5.75 Å². The lowest BCUT2D eigenvalue weighted by Gasteiger charge is -2.05. The van der Waals surface area contributed by atoms with Gasteiger partial charge in [-0.2, -0.15) is 5.10 Å². The third kappa shape index (κ3) is 2.57. The van der Waals surface area contributed by atoms with Gasteiger partial charge in [-0.15, -0.1) is 0 Å². The summed E-state index contributed by atoms with van der Waals surface area (Å²) in [6.07, 6.45) is 2.61. The van der Waals surface area contributed by atoms with E-state index in [0.29, 0.717) is 12.4 Å². The Labute approximate surface area is 103 Å². The fourth-order valence-corrected chi connectivity index (χ4v) is 1.43. The zero-order valence-electron chi connectivity index (χ0n) is 9.87. The van der Waals surface area contributed by atoms with Gasteiger partial charge in [0.2, 0.25) is 11.2 Å². The number of rotatable bonds is 5. The molecule has 0 bridgehead atoms. The minimum Gasteiger partial charge on any atom is -0.478 e. The van der Waals surface area contributed by atoms with Crippen LogP contribution in [0.15, 0.2) is 27.9 Å². The second kappa shape index (κ2) is 5.46. The maximum Gasteiger partial charge on any atom is 0.227 e. The van der Waals surface area contributed by atoms with Crippen LogP contribution >= 0.6 is 0 Å². The first-order valence-electron chi connectivity index (χ1n) is 5.46. The minimum atomic E-state index is -0.340. The van der Waals surface area contributed by atoms with Gasteiger partial charge in [0.1, 0.15) is 31.6 Å². The van der Waals surface area contributed by atoms with Gasteiger partial charge in [-0.1, -0.05) is 0 Å². The molecule has 0 amide bonds. The Morgan fingerprint density at radius 2 is 2.39 bits per heavy atom. The van der Waals surface area contributed by atoms with Crippen molar-refractivity contribution in [3.63, 3.8) is 0 Å². The summed E-state index contributed by atoms with van der Waals surface area (Å²) < 4.78 is 12.0. The molecule has 18 heavy (non-hydrogen) atoms. The highest BCUT2D eigenvalue weighted by Crippen LogP contribution is 2.08. The van der Waals surface area contributed by atoms with E-state index in [9.17, 15) is 4.79 Å². The van der Waals surface area contributed by atoms with E-state index in [-0.39, 0.29) is 30.2 Å². The summed E-state index contributed by atoms with van der Waals surface area (Å²) in [7, 11) is 0. The van der Waals surface area contributed by atoms with E-state index in [0.717, 1.165) is 0 Å². The quantitative estimate of drug-likeness (QED) is 0.823. The molecule has 0 saturated carbocycles. The minimum absolute atomic E-state index is 0.0813. The lowest BCUT2D eigenvalue weighted by Crippen LogP contribution is -2.11. The standard InChI is InChI=1S/C11H13N3O4/c1-2-14-11(12-7-13-14)6-18-10-5-17-8(4-15)3-9(10)16/h3,5,7,15H,2,4,6H2,1H3. The van der Waals surface area contributed by atoms with Gasteiger partial charge in [-0.05, 0) is 6.92 Å². The maximum absolute atomic E-state index is 11.6. The zero-order chi connectivity index (χ0) is 13.0. The number of aliphatic hydroxyl groups is 1. The van der Waals surface area contributed by atoms with Crippen molar-refractivity contribution >= 4 is 0 Å². The van der Waals surface area contributed by atoms with Crippen LogP contribution in [0, 0.1) is 0 Å². The number of aryl methyl sites for hydroxylation is 1. The van der Waals surface area contributed by atoms with Crippen LogP contribution in [0.3, 0.4) is 0 Å². The molecule has 0 atom stereocenters. The fraction of sp³-hybridized carbons (Fsp3) is 0.364. The molecule has 0 aliphatic heterocycles. The average Bonchev–Trinajstić information content (AvgIpc) is 2.84. The van der Waals surface area contributed by atoms with Crippen LogP contribution in [0.2, 0.25) is 0 Å². The second-order valence-corrected chi connectivity index (χ2v) is 3.51. The van der Waals surface area contributed by atoms with Crippen molar-refractivity contribution in [3.8, 4) is 5.75 Å². The molecule has 1 N–H and O–H groups in total. The molecule has 96 valence electrons. The number of aromatic nitrogens is 3. The Kier molecular flexibility index (Phi) is 3.73. The molecule has 0 radical (unpaired) electrons. The molecular weight excluding hydrogens is 238 g/mol. The van der Waals surface area contributed by atoms with Crippen molar-refractivity contribution in [3.05, 3.63) is 40.5 Å². The largest absolute Gasteiger partial charge is 0.478 e. The van der Waals surface area contributed by atoms with Crippen LogP contribution in [-0.2, 0) is 19.8 Å². The smallest absolute Gasteiger partial charge is 0.227 e. The van der Waals surface area contributed by atoms with E-state index in [1.54, 1.807) is 4.68 Å². The first-order valence-corrected chi connectivity index (χ1v) is 5.46. The Morgan fingerprint density at radius 1 is 1.56 bits per heavy atom. The van der Waals surface area contributed by atoms with Crippen LogP contribution in [0.4, 0.5) is 0 Å². The molecule has 7 heteroatoms. The van der Waals surface area contributed by atoms with Gasteiger partial charge in [0.05, 0.1) is 0 Å². The number of hydrogen-bond donors (Lipinski definition) is 1. The van der Waals surface area contributed by atoms with E-state index < -0.39 is 0 Å². The van der Waals surface area contributed by atoms with Gasteiger partial charge in [-0.25, -0.2) is 9.67 Å². The van der Waals surface area contributed by atoms with Crippen LogP contribution in [0.1, 0.15) is 18.5 Å². The Bertz CT molecular complexity index is 576. The Balaban J connectivity index is 2.09. The summed E-state index contributed by atoms with van der Waals surface area (Å²) in [4.78, 5) is 15.6. The average molecular weight is 251 g/mol. The summed E-state index contributed by atoms with van der Waals surface area (Å²) in [5.74, 6) is 0.907. The molecule has 0 aliphatic rings. The highest BCUT2D eigenvalue weighted by molar-refractivity contribution is 5.17. The van der Waals surface area contributed by atoms with Crippen molar-refractivity contribution in [1.82, 2.24) is 14.8 Å². The number of hydrogen-bond acceptors (Lipinski definition) is 6. The van der Waals surface area contributed by atoms with Crippen molar-refractivity contribution in [2.45, 2.75) is 26.7 Å². The van der Waals surface area contributed by atoms with Crippen LogP contribution in [-0.4, -0.2) is 19.9 Å². The predicted molar refractivity (Wildman–Crippen MR) is 60.9 cm³/mol. The molecule has 7 nitrogen and oxygen atoms in total. The van der Waals surface area contributed by atoms with Gasteiger partial charge in [0, 0.05) is 12.6 Å².